The minimum Gasteiger partial charge on any atom is -0.443 e. The van der Waals surface area contributed by atoms with E-state index in [1.165, 1.54) is 5.57 Å². The van der Waals surface area contributed by atoms with Gasteiger partial charge < -0.3 is 28.7 Å². The summed E-state index contributed by atoms with van der Waals surface area (Å²) in [5, 5.41) is 0. The normalized spacial score (nSPS) is 40.4. The first-order chi connectivity index (χ1) is 15.3. The van der Waals surface area contributed by atoms with Crippen molar-refractivity contribution >= 4 is 12.0 Å². The summed E-state index contributed by atoms with van der Waals surface area (Å²) in [6.45, 7) is 9.62. The van der Waals surface area contributed by atoms with Gasteiger partial charge in [0, 0.05) is 33.3 Å². The molecule has 1 saturated carbocycles. The Bertz CT molecular complexity index is 796. The molecule has 5 rings (SSSR count). The van der Waals surface area contributed by atoms with Crippen LogP contribution in [0.5, 0.6) is 0 Å². The summed E-state index contributed by atoms with van der Waals surface area (Å²) in [5.74, 6) is 0.0963. The third-order valence-electron chi connectivity index (χ3n) is 8.15. The number of hydrogen-bond acceptors (Lipinski definition) is 6. The molecule has 178 valence electrons. The van der Waals surface area contributed by atoms with E-state index in [1.54, 1.807) is 12.0 Å². The van der Waals surface area contributed by atoms with Gasteiger partial charge in [-0.05, 0) is 46.5 Å². The maximum atomic E-state index is 12.8. The largest absolute Gasteiger partial charge is 0.443 e. The van der Waals surface area contributed by atoms with Crippen molar-refractivity contribution in [1.82, 2.24) is 9.80 Å². The lowest BCUT2D eigenvalue weighted by molar-refractivity contribution is -0.146. The van der Waals surface area contributed by atoms with E-state index in [0.717, 1.165) is 32.4 Å². The first-order valence-electron chi connectivity index (χ1n) is 12.0. The molecule has 32 heavy (non-hydrogen) atoms. The van der Waals surface area contributed by atoms with Crippen molar-refractivity contribution in [1.29, 1.82) is 0 Å². The Labute approximate surface area is 190 Å². The van der Waals surface area contributed by atoms with E-state index in [1.807, 2.05) is 4.90 Å². The van der Waals surface area contributed by atoms with Crippen LogP contribution in [0.25, 0.3) is 0 Å². The number of rotatable bonds is 6. The van der Waals surface area contributed by atoms with Crippen molar-refractivity contribution in [3.63, 3.8) is 0 Å². The number of allylic oxidation sites excluding steroid dienone is 1. The van der Waals surface area contributed by atoms with Crippen LogP contribution in [0.3, 0.4) is 0 Å². The summed E-state index contributed by atoms with van der Waals surface area (Å²) >= 11 is 0. The number of methoxy groups -OCH3 is 1. The van der Waals surface area contributed by atoms with Gasteiger partial charge in [0.05, 0.1) is 24.5 Å². The Kier molecular flexibility index (Phi) is 5.54. The highest BCUT2D eigenvalue weighted by Crippen LogP contribution is 2.59. The number of amides is 2. The fraction of sp³-hybridized carbons (Fsp3) is 0.833. The summed E-state index contributed by atoms with van der Waals surface area (Å²) in [6, 6.07) is 0. The number of hydrogen-bond donors (Lipinski definition) is 0. The van der Waals surface area contributed by atoms with Gasteiger partial charge in [-0.2, -0.15) is 0 Å². The van der Waals surface area contributed by atoms with Crippen LogP contribution in [0.15, 0.2) is 11.6 Å². The van der Waals surface area contributed by atoms with Crippen LogP contribution in [0.4, 0.5) is 4.79 Å². The van der Waals surface area contributed by atoms with Gasteiger partial charge in [0.2, 0.25) is 5.91 Å². The minimum atomic E-state index is -0.348. The maximum Gasteiger partial charge on any atom is 0.410 e. The standard InChI is InChI=1S/C24H36N2O6/c1-15(2)6-7-18-23(3,32-18)20-19(29-4)17(8-9-24(20)14-30-24)31-22(28)26-12-16(13-26)21(27)25-10-5-11-25/h6,16-20H,5,7-14H2,1-4H3/t17?,18-,19?,20?,23+,24?/m1/s1. The molecule has 5 aliphatic rings. The second kappa shape index (κ2) is 7.99. The van der Waals surface area contributed by atoms with E-state index in [0.29, 0.717) is 26.1 Å². The lowest BCUT2D eigenvalue weighted by Gasteiger charge is -2.45. The van der Waals surface area contributed by atoms with Crippen molar-refractivity contribution in [2.45, 2.75) is 76.0 Å². The molecule has 1 spiro atoms. The van der Waals surface area contributed by atoms with Gasteiger partial charge in [-0.15, -0.1) is 0 Å². The van der Waals surface area contributed by atoms with Crippen LogP contribution in [0.1, 0.15) is 46.5 Å². The van der Waals surface area contributed by atoms with Gasteiger partial charge in [0.1, 0.15) is 23.4 Å². The third kappa shape index (κ3) is 3.74. The van der Waals surface area contributed by atoms with Crippen molar-refractivity contribution in [2.24, 2.45) is 11.8 Å². The number of likely N-dealkylation sites (tertiary alicyclic amines) is 2. The quantitative estimate of drug-likeness (QED) is 0.458. The van der Waals surface area contributed by atoms with Gasteiger partial charge in [-0.3, -0.25) is 4.79 Å². The van der Waals surface area contributed by atoms with Crippen molar-refractivity contribution in [3.05, 3.63) is 11.6 Å². The molecular weight excluding hydrogens is 412 g/mol. The Morgan fingerprint density at radius 3 is 2.47 bits per heavy atom. The van der Waals surface area contributed by atoms with Gasteiger partial charge in [-0.25, -0.2) is 4.79 Å². The van der Waals surface area contributed by atoms with E-state index in [2.05, 4.69) is 26.8 Å². The highest BCUT2D eigenvalue weighted by Gasteiger charge is 2.72. The Hall–Kier alpha value is -1.64. The van der Waals surface area contributed by atoms with Gasteiger partial charge in [0.15, 0.2) is 0 Å². The van der Waals surface area contributed by atoms with E-state index >= 15 is 0 Å². The molecule has 5 fully saturated rings. The summed E-state index contributed by atoms with van der Waals surface area (Å²) in [6.07, 6.45) is 4.85. The van der Waals surface area contributed by atoms with Gasteiger partial charge >= 0.3 is 6.09 Å². The molecule has 4 heterocycles. The number of carbonyl (C=O) groups excluding carboxylic acids is 2. The summed E-state index contributed by atoms with van der Waals surface area (Å²) in [4.78, 5) is 28.7. The van der Waals surface area contributed by atoms with E-state index in [-0.39, 0.29) is 53.4 Å². The predicted octanol–water partition coefficient (Wildman–Crippen LogP) is 2.36. The fourth-order valence-electron chi connectivity index (χ4n) is 5.85. The highest BCUT2D eigenvalue weighted by molar-refractivity contribution is 5.83. The zero-order valence-electron chi connectivity index (χ0n) is 19.7. The number of carbonyl (C=O) groups is 2. The van der Waals surface area contributed by atoms with Crippen LogP contribution in [0.2, 0.25) is 0 Å². The van der Waals surface area contributed by atoms with Crippen molar-refractivity contribution in [3.8, 4) is 0 Å². The minimum absolute atomic E-state index is 0.0132. The fourth-order valence-corrected chi connectivity index (χ4v) is 5.85. The molecule has 0 bridgehead atoms. The van der Waals surface area contributed by atoms with Crippen LogP contribution >= 0.6 is 0 Å². The van der Waals surface area contributed by atoms with Gasteiger partial charge in [-0.1, -0.05) is 11.6 Å². The molecule has 8 nitrogen and oxygen atoms in total. The summed E-state index contributed by atoms with van der Waals surface area (Å²) in [7, 11) is 1.68. The first kappa shape index (κ1) is 22.2. The van der Waals surface area contributed by atoms with Crippen LogP contribution in [-0.2, 0) is 23.7 Å². The SMILES string of the molecule is COC1C(OC(=O)N2CC(C(=O)N3CCC3)C2)CCC2(CO2)C1[C@@]1(C)O[C@@H]1CC=C(C)C. The molecule has 2 amide bonds. The van der Waals surface area contributed by atoms with Gasteiger partial charge in [0.25, 0.3) is 0 Å². The number of nitrogens with zero attached hydrogens (tertiary/aromatic N) is 2. The molecule has 0 N–H and O–H groups in total. The smallest absolute Gasteiger partial charge is 0.410 e. The Morgan fingerprint density at radius 2 is 1.91 bits per heavy atom. The molecular formula is C24H36N2O6. The molecule has 0 aromatic heterocycles. The lowest BCUT2D eigenvalue weighted by Crippen LogP contribution is -2.60. The first-order valence-corrected chi connectivity index (χ1v) is 12.0. The molecule has 4 unspecified atom stereocenters. The summed E-state index contributed by atoms with van der Waals surface area (Å²) < 4.78 is 24.1. The lowest BCUT2D eigenvalue weighted by atomic mass is 9.68. The summed E-state index contributed by atoms with van der Waals surface area (Å²) in [5.41, 5.74) is 0.697. The van der Waals surface area contributed by atoms with Crippen LogP contribution in [0, 0.1) is 11.8 Å². The molecule has 0 aromatic rings. The second-order valence-corrected chi connectivity index (χ2v) is 10.6. The number of epoxide rings is 2. The maximum absolute atomic E-state index is 12.8. The van der Waals surface area contributed by atoms with Crippen LogP contribution < -0.4 is 0 Å². The zero-order chi connectivity index (χ0) is 22.7. The number of ether oxygens (including phenoxy) is 4. The van der Waals surface area contributed by atoms with Crippen LogP contribution in [-0.4, -0.2) is 91.2 Å². The molecule has 6 atom stereocenters. The monoisotopic (exact) mass is 448 g/mol. The topological polar surface area (TPSA) is 84.1 Å². The molecule has 1 aliphatic carbocycles. The average molecular weight is 449 g/mol. The third-order valence-corrected chi connectivity index (χ3v) is 8.15. The molecule has 8 heteroatoms. The van der Waals surface area contributed by atoms with E-state index in [4.69, 9.17) is 18.9 Å². The molecule has 4 saturated heterocycles. The Balaban J connectivity index is 1.21. The Morgan fingerprint density at radius 1 is 1.19 bits per heavy atom. The highest BCUT2D eigenvalue weighted by atomic mass is 16.6. The molecule has 0 aromatic carbocycles. The molecule has 4 aliphatic heterocycles. The second-order valence-electron chi connectivity index (χ2n) is 10.6. The van der Waals surface area contributed by atoms with Crippen molar-refractivity contribution < 1.29 is 28.5 Å². The van der Waals surface area contributed by atoms with Crippen molar-refractivity contribution in [2.75, 3.05) is 39.9 Å². The average Bonchev–Trinajstić information content (AvgIpc) is 3.56. The zero-order valence-corrected chi connectivity index (χ0v) is 19.7. The molecule has 0 radical (unpaired) electrons. The predicted molar refractivity (Wildman–Crippen MR) is 116 cm³/mol. The van der Waals surface area contributed by atoms with E-state index < -0.39 is 0 Å². The van der Waals surface area contributed by atoms with E-state index in [9.17, 15) is 9.59 Å².